The molecule has 3 rings (SSSR count). The third-order valence-corrected chi connectivity index (χ3v) is 4.65. The van der Waals surface area contributed by atoms with E-state index >= 15 is 0 Å². The molecule has 2 N–H and O–H groups in total. The Bertz CT molecular complexity index is 719. The third-order valence-electron chi connectivity index (χ3n) is 3.50. The first-order chi connectivity index (χ1) is 9.54. The molecule has 0 bridgehead atoms. The molecule has 2 atom stereocenters. The van der Waals surface area contributed by atoms with E-state index in [1.54, 1.807) is 24.3 Å². The van der Waals surface area contributed by atoms with Crippen molar-refractivity contribution in [3.8, 4) is 0 Å². The van der Waals surface area contributed by atoms with Crippen molar-refractivity contribution < 1.29 is 4.79 Å². The minimum Gasteiger partial charge on any atom is -0.310 e. The first kappa shape index (κ1) is 13.1. The Balaban J connectivity index is 1.70. The number of anilines is 1. The predicted octanol–water partition coefficient (Wildman–Crippen LogP) is 2.19. The number of hydrogen-bond donors (Lipinski definition) is 2. The average Bonchev–Trinajstić information content (AvgIpc) is 3.04. The molecule has 0 aromatic carbocycles. The summed E-state index contributed by atoms with van der Waals surface area (Å²) in [7, 11) is 0. The lowest BCUT2D eigenvalue weighted by Gasteiger charge is -2.04. The lowest BCUT2D eigenvalue weighted by Crippen LogP contribution is -2.20. The maximum absolute atomic E-state index is 12.2. The van der Waals surface area contributed by atoms with Gasteiger partial charge in [-0.1, -0.05) is 0 Å². The monoisotopic (exact) mass is 289 g/mol. The van der Waals surface area contributed by atoms with Crippen LogP contribution in [0.4, 0.5) is 5.82 Å². The van der Waals surface area contributed by atoms with Crippen molar-refractivity contribution >= 4 is 23.1 Å². The largest absolute Gasteiger partial charge is 0.347 e. The maximum atomic E-state index is 12.2. The maximum Gasteiger partial charge on any atom is 0.347 e. The Morgan fingerprint density at radius 2 is 2.30 bits per heavy atom. The SMILES string of the molecule is Cc1cc(NC(=O)[C@@H]2C[C@H]2c2sccc2C)nc(=O)[nH]1. The zero-order valence-corrected chi connectivity index (χ0v) is 12.1. The molecule has 0 saturated heterocycles. The molecule has 2 aromatic rings. The van der Waals surface area contributed by atoms with E-state index in [2.05, 4.69) is 33.7 Å². The van der Waals surface area contributed by atoms with Gasteiger partial charge >= 0.3 is 5.69 Å². The summed E-state index contributed by atoms with van der Waals surface area (Å²) < 4.78 is 0. The molecular weight excluding hydrogens is 274 g/mol. The quantitative estimate of drug-likeness (QED) is 0.909. The number of H-pyrrole nitrogens is 1. The summed E-state index contributed by atoms with van der Waals surface area (Å²) in [6.07, 6.45) is 0.870. The normalized spacial score (nSPS) is 20.7. The second-order valence-corrected chi connectivity index (χ2v) is 6.11. The van der Waals surface area contributed by atoms with E-state index in [1.165, 1.54) is 10.4 Å². The lowest BCUT2D eigenvalue weighted by molar-refractivity contribution is -0.117. The van der Waals surface area contributed by atoms with Crippen LogP contribution in [0.2, 0.25) is 0 Å². The van der Waals surface area contributed by atoms with Gasteiger partial charge in [-0.05, 0) is 37.3 Å². The minimum atomic E-state index is -0.443. The number of carbonyl (C=O) groups is 1. The highest BCUT2D eigenvalue weighted by Gasteiger charge is 2.45. The number of aryl methyl sites for hydroxylation is 2. The number of aromatic nitrogens is 2. The average molecular weight is 289 g/mol. The first-order valence-corrected chi connectivity index (χ1v) is 7.35. The van der Waals surface area contributed by atoms with Gasteiger partial charge in [-0.25, -0.2) is 4.79 Å². The molecule has 1 saturated carbocycles. The summed E-state index contributed by atoms with van der Waals surface area (Å²) in [5.74, 6) is 0.580. The molecule has 0 radical (unpaired) electrons. The van der Waals surface area contributed by atoms with Gasteiger partial charge in [-0.15, -0.1) is 11.3 Å². The molecule has 0 spiro atoms. The fraction of sp³-hybridized carbons (Fsp3) is 0.357. The van der Waals surface area contributed by atoms with E-state index in [0.29, 0.717) is 17.4 Å². The molecule has 104 valence electrons. The van der Waals surface area contributed by atoms with Crippen LogP contribution in [0.5, 0.6) is 0 Å². The molecule has 6 heteroatoms. The third kappa shape index (κ3) is 2.51. The van der Waals surface area contributed by atoms with Gasteiger partial charge in [0.05, 0.1) is 0 Å². The molecule has 0 aliphatic heterocycles. The summed E-state index contributed by atoms with van der Waals surface area (Å²) in [4.78, 5) is 31.0. The summed E-state index contributed by atoms with van der Waals surface area (Å²) in [5, 5.41) is 4.79. The fourth-order valence-electron chi connectivity index (χ4n) is 2.40. The van der Waals surface area contributed by atoms with Gasteiger partial charge in [0.1, 0.15) is 5.82 Å². The Morgan fingerprint density at radius 3 is 2.95 bits per heavy atom. The summed E-state index contributed by atoms with van der Waals surface area (Å²) in [6.45, 7) is 3.83. The molecule has 5 nitrogen and oxygen atoms in total. The summed E-state index contributed by atoms with van der Waals surface area (Å²) >= 11 is 1.70. The van der Waals surface area contributed by atoms with Gasteiger partial charge in [-0.3, -0.25) is 4.79 Å². The van der Waals surface area contributed by atoms with E-state index in [9.17, 15) is 9.59 Å². The molecule has 20 heavy (non-hydrogen) atoms. The van der Waals surface area contributed by atoms with E-state index in [1.807, 2.05) is 0 Å². The van der Waals surface area contributed by atoms with Crippen LogP contribution in [0.1, 0.15) is 28.5 Å². The lowest BCUT2D eigenvalue weighted by atomic mass is 10.2. The smallest absolute Gasteiger partial charge is 0.310 e. The number of rotatable bonds is 3. The zero-order chi connectivity index (χ0) is 14.3. The van der Waals surface area contributed by atoms with Crippen molar-refractivity contribution in [2.24, 2.45) is 5.92 Å². The highest BCUT2D eigenvalue weighted by Crippen LogP contribution is 2.50. The van der Waals surface area contributed by atoms with Gasteiger partial charge in [0.2, 0.25) is 5.91 Å². The van der Waals surface area contributed by atoms with Crippen LogP contribution in [0.3, 0.4) is 0 Å². The van der Waals surface area contributed by atoms with Crippen LogP contribution >= 0.6 is 11.3 Å². The van der Waals surface area contributed by atoms with Crippen LogP contribution < -0.4 is 11.0 Å². The standard InChI is InChI=1S/C14H15N3O2S/c1-7-3-4-20-12(7)9-6-10(9)13(18)16-11-5-8(2)15-14(19)17-11/h3-5,9-10H,6H2,1-2H3,(H2,15,16,17,18,19)/t9-,10-/m1/s1. The van der Waals surface area contributed by atoms with Crippen LogP contribution in [0, 0.1) is 19.8 Å². The second-order valence-electron chi connectivity index (χ2n) is 5.16. The number of hydrogen-bond acceptors (Lipinski definition) is 4. The number of amides is 1. The van der Waals surface area contributed by atoms with Gasteiger partial charge in [0.15, 0.2) is 0 Å². The molecule has 1 fully saturated rings. The fourth-order valence-corrected chi connectivity index (χ4v) is 3.51. The van der Waals surface area contributed by atoms with Crippen molar-refractivity contribution in [3.63, 3.8) is 0 Å². The Morgan fingerprint density at radius 1 is 1.50 bits per heavy atom. The van der Waals surface area contributed by atoms with Crippen LogP contribution in [0.15, 0.2) is 22.3 Å². The molecule has 2 heterocycles. The molecule has 0 unspecified atom stereocenters. The number of aromatic amines is 1. The number of nitrogens with one attached hydrogen (secondary N) is 2. The van der Waals surface area contributed by atoms with Gasteiger partial charge in [0, 0.05) is 28.5 Å². The molecule has 1 amide bonds. The Labute approximate surface area is 120 Å². The first-order valence-electron chi connectivity index (χ1n) is 6.47. The van der Waals surface area contributed by atoms with E-state index in [0.717, 1.165) is 6.42 Å². The van der Waals surface area contributed by atoms with Crippen molar-refractivity contribution in [2.75, 3.05) is 5.32 Å². The topological polar surface area (TPSA) is 74.8 Å². The molecule has 2 aromatic heterocycles. The van der Waals surface area contributed by atoms with Crippen LogP contribution in [-0.2, 0) is 4.79 Å². The molecule has 1 aliphatic rings. The summed E-state index contributed by atoms with van der Waals surface area (Å²) in [6, 6.07) is 3.74. The molecule has 1 aliphatic carbocycles. The zero-order valence-electron chi connectivity index (χ0n) is 11.3. The van der Waals surface area contributed by atoms with Crippen LogP contribution in [-0.4, -0.2) is 15.9 Å². The highest BCUT2D eigenvalue weighted by atomic mass is 32.1. The van der Waals surface area contributed by atoms with Crippen molar-refractivity contribution in [1.82, 2.24) is 9.97 Å². The van der Waals surface area contributed by atoms with E-state index in [4.69, 9.17) is 0 Å². The highest BCUT2D eigenvalue weighted by molar-refractivity contribution is 7.10. The molecular formula is C14H15N3O2S. The summed E-state index contributed by atoms with van der Waals surface area (Å²) in [5.41, 5.74) is 1.49. The van der Waals surface area contributed by atoms with Crippen molar-refractivity contribution in [3.05, 3.63) is 44.1 Å². The van der Waals surface area contributed by atoms with Gasteiger partial charge < -0.3 is 10.3 Å². The predicted molar refractivity (Wildman–Crippen MR) is 78.1 cm³/mol. The number of thiophene rings is 1. The van der Waals surface area contributed by atoms with Crippen molar-refractivity contribution in [1.29, 1.82) is 0 Å². The van der Waals surface area contributed by atoms with E-state index < -0.39 is 5.69 Å². The Hall–Kier alpha value is -1.95. The van der Waals surface area contributed by atoms with E-state index in [-0.39, 0.29) is 11.8 Å². The minimum absolute atomic E-state index is 0.00579. The van der Waals surface area contributed by atoms with Gasteiger partial charge in [0.25, 0.3) is 0 Å². The number of carbonyl (C=O) groups excluding carboxylic acids is 1. The van der Waals surface area contributed by atoms with Crippen LogP contribution in [0.25, 0.3) is 0 Å². The second kappa shape index (κ2) is 4.86. The van der Waals surface area contributed by atoms with Crippen molar-refractivity contribution in [2.45, 2.75) is 26.2 Å². The number of nitrogens with zero attached hydrogens (tertiary/aromatic N) is 1. The Kier molecular flexibility index (Phi) is 3.17. The van der Waals surface area contributed by atoms with Gasteiger partial charge in [-0.2, -0.15) is 4.98 Å².